The first kappa shape index (κ1) is 9.41. The normalized spacial score (nSPS) is 24.6. The van der Waals surface area contributed by atoms with Crippen molar-refractivity contribution in [2.75, 3.05) is 6.54 Å². The molecule has 0 amide bonds. The SMILES string of the molecule is C=CCN[C@@H]1C[C@H]1c1ccc(F)cc1. The maximum atomic E-state index is 12.6. The molecule has 0 saturated heterocycles. The molecular weight excluding hydrogens is 177 g/mol. The fourth-order valence-electron chi connectivity index (χ4n) is 1.73. The van der Waals surface area contributed by atoms with Crippen molar-refractivity contribution in [3.8, 4) is 0 Å². The van der Waals surface area contributed by atoms with E-state index in [-0.39, 0.29) is 5.82 Å². The third-order valence-corrected chi connectivity index (χ3v) is 2.61. The lowest BCUT2D eigenvalue weighted by molar-refractivity contribution is 0.626. The molecule has 2 rings (SSSR count). The van der Waals surface area contributed by atoms with Crippen LogP contribution in [0.5, 0.6) is 0 Å². The Morgan fingerprint density at radius 1 is 1.43 bits per heavy atom. The lowest BCUT2D eigenvalue weighted by Crippen LogP contribution is -2.17. The maximum absolute atomic E-state index is 12.6. The van der Waals surface area contributed by atoms with Crippen molar-refractivity contribution in [2.24, 2.45) is 0 Å². The van der Waals surface area contributed by atoms with Gasteiger partial charge in [-0.15, -0.1) is 6.58 Å². The second-order valence-electron chi connectivity index (χ2n) is 3.70. The first-order valence-corrected chi connectivity index (χ1v) is 4.91. The molecule has 1 aromatic carbocycles. The Balaban J connectivity index is 1.92. The lowest BCUT2D eigenvalue weighted by Gasteiger charge is -2.00. The molecule has 14 heavy (non-hydrogen) atoms. The van der Waals surface area contributed by atoms with Gasteiger partial charge in [-0.2, -0.15) is 0 Å². The molecule has 0 aromatic heterocycles. The summed E-state index contributed by atoms with van der Waals surface area (Å²) in [4.78, 5) is 0. The fourth-order valence-corrected chi connectivity index (χ4v) is 1.73. The van der Waals surface area contributed by atoms with E-state index in [0.717, 1.165) is 13.0 Å². The fraction of sp³-hybridized carbons (Fsp3) is 0.333. The topological polar surface area (TPSA) is 12.0 Å². The Kier molecular flexibility index (Phi) is 2.64. The first-order chi connectivity index (χ1) is 6.81. The molecule has 1 saturated carbocycles. The van der Waals surface area contributed by atoms with Crippen LogP contribution in [-0.2, 0) is 0 Å². The predicted molar refractivity (Wildman–Crippen MR) is 55.7 cm³/mol. The molecule has 0 unspecified atom stereocenters. The van der Waals surface area contributed by atoms with Crippen LogP contribution in [0.2, 0.25) is 0 Å². The van der Waals surface area contributed by atoms with Crippen LogP contribution in [0, 0.1) is 5.82 Å². The molecule has 0 bridgehead atoms. The molecule has 2 heteroatoms. The lowest BCUT2D eigenvalue weighted by atomic mass is 10.1. The summed E-state index contributed by atoms with van der Waals surface area (Å²) in [6.07, 6.45) is 3.01. The van der Waals surface area contributed by atoms with Gasteiger partial charge in [-0.25, -0.2) is 4.39 Å². The average molecular weight is 191 g/mol. The van der Waals surface area contributed by atoms with Gasteiger partial charge in [-0.1, -0.05) is 18.2 Å². The molecule has 1 aliphatic rings. The minimum atomic E-state index is -0.162. The summed E-state index contributed by atoms with van der Waals surface area (Å²) < 4.78 is 12.6. The van der Waals surface area contributed by atoms with Gasteiger partial charge in [0.05, 0.1) is 0 Å². The van der Waals surface area contributed by atoms with E-state index in [4.69, 9.17) is 0 Å². The number of benzene rings is 1. The minimum absolute atomic E-state index is 0.162. The summed E-state index contributed by atoms with van der Waals surface area (Å²) in [5, 5.41) is 3.36. The van der Waals surface area contributed by atoms with E-state index in [1.54, 1.807) is 0 Å². The van der Waals surface area contributed by atoms with E-state index in [0.29, 0.717) is 12.0 Å². The molecule has 0 heterocycles. The third-order valence-electron chi connectivity index (χ3n) is 2.61. The quantitative estimate of drug-likeness (QED) is 0.721. The summed E-state index contributed by atoms with van der Waals surface area (Å²) in [5.74, 6) is 0.403. The van der Waals surface area contributed by atoms with Gasteiger partial charge in [-0.3, -0.25) is 0 Å². The van der Waals surface area contributed by atoms with E-state index >= 15 is 0 Å². The minimum Gasteiger partial charge on any atom is -0.310 e. The molecule has 0 radical (unpaired) electrons. The number of hydrogen-bond acceptors (Lipinski definition) is 1. The third kappa shape index (κ3) is 2.02. The summed E-state index contributed by atoms with van der Waals surface area (Å²) in [6, 6.07) is 7.35. The van der Waals surface area contributed by atoms with Gasteiger partial charge in [0, 0.05) is 18.5 Å². The highest BCUT2D eigenvalue weighted by molar-refractivity contribution is 5.28. The van der Waals surface area contributed by atoms with Gasteiger partial charge in [0.1, 0.15) is 5.82 Å². The Morgan fingerprint density at radius 3 is 2.79 bits per heavy atom. The Bertz CT molecular complexity index is 318. The van der Waals surface area contributed by atoms with Crippen molar-refractivity contribution in [3.63, 3.8) is 0 Å². The van der Waals surface area contributed by atoms with Crippen LogP contribution < -0.4 is 5.32 Å². The largest absolute Gasteiger partial charge is 0.310 e. The van der Waals surface area contributed by atoms with Crippen molar-refractivity contribution in [2.45, 2.75) is 18.4 Å². The van der Waals surface area contributed by atoms with Crippen LogP contribution in [0.4, 0.5) is 4.39 Å². The van der Waals surface area contributed by atoms with Crippen molar-refractivity contribution in [1.82, 2.24) is 5.32 Å². The zero-order valence-electron chi connectivity index (χ0n) is 8.04. The van der Waals surface area contributed by atoms with Crippen molar-refractivity contribution >= 4 is 0 Å². The maximum Gasteiger partial charge on any atom is 0.123 e. The highest BCUT2D eigenvalue weighted by Crippen LogP contribution is 2.40. The first-order valence-electron chi connectivity index (χ1n) is 4.91. The van der Waals surface area contributed by atoms with E-state index in [1.807, 2.05) is 18.2 Å². The summed E-state index contributed by atoms with van der Waals surface area (Å²) in [6.45, 7) is 4.51. The predicted octanol–water partition coefficient (Wildman–Crippen LogP) is 2.46. The zero-order chi connectivity index (χ0) is 9.97. The molecule has 1 nitrogen and oxygen atoms in total. The van der Waals surface area contributed by atoms with Gasteiger partial charge in [0.25, 0.3) is 0 Å². The number of halogens is 1. The molecule has 0 spiro atoms. The van der Waals surface area contributed by atoms with Gasteiger partial charge in [0.15, 0.2) is 0 Å². The smallest absolute Gasteiger partial charge is 0.123 e. The average Bonchev–Trinajstić information content (AvgIpc) is 2.95. The second-order valence-corrected chi connectivity index (χ2v) is 3.70. The van der Waals surface area contributed by atoms with E-state index in [9.17, 15) is 4.39 Å². The van der Waals surface area contributed by atoms with E-state index < -0.39 is 0 Å². The van der Waals surface area contributed by atoms with Crippen molar-refractivity contribution < 1.29 is 4.39 Å². The standard InChI is InChI=1S/C12H14FN/c1-2-7-14-12-8-11(12)9-3-5-10(13)6-4-9/h2-6,11-12,14H,1,7-8H2/t11-,12+/m0/s1. The molecule has 2 atom stereocenters. The highest BCUT2D eigenvalue weighted by atomic mass is 19.1. The zero-order valence-corrected chi connectivity index (χ0v) is 8.04. The van der Waals surface area contributed by atoms with Crippen molar-refractivity contribution in [1.29, 1.82) is 0 Å². The van der Waals surface area contributed by atoms with Crippen molar-refractivity contribution in [3.05, 3.63) is 48.3 Å². The molecule has 0 aliphatic heterocycles. The molecule has 1 N–H and O–H groups in total. The molecule has 1 aromatic rings. The molecule has 1 fully saturated rings. The van der Waals surface area contributed by atoms with Crippen LogP contribution in [0.3, 0.4) is 0 Å². The van der Waals surface area contributed by atoms with Gasteiger partial charge in [-0.05, 0) is 24.1 Å². The van der Waals surface area contributed by atoms with Crippen LogP contribution in [0.1, 0.15) is 17.9 Å². The van der Waals surface area contributed by atoms with E-state index in [1.165, 1.54) is 17.7 Å². The van der Waals surface area contributed by atoms with Gasteiger partial charge >= 0.3 is 0 Å². The number of rotatable bonds is 4. The number of hydrogen-bond donors (Lipinski definition) is 1. The van der Waals surface area contributed by atoms with E-state index in [2.05, 4.69) is 11.9 Å². The Morgan fingerprint density at radius 2 is 2.14 bits per heavy atom. The van der Waals surface area contributed by atoms with Crippen LogP contribution in [0.25, 0.3) is 0 Å². The highest BCUT2D eigenvalue weighted by Gasteiger charge is 2.37. The number of nitrogens with one attached hydrogen (secondary N) is 1. The summed E-state index contributed by atoms with van der Waals surface area (Å²) in [5.41, 5.74) is 1.23. The Hall–Kier alpha value is -1.15. The summed E-state index contributed by atoms with van der Waals surface area (Å²) >= 11 is 0. The van der Waals surface area contributed by atoms with Crippen LogP contribution >= 0.6 is 0 Å². The van der Waals surface area contributed by atoms with Crippen LogP contribution in [-0.4, -0.2) is 12.6 Å². The molecule has 1 aliphatic carbocycles. The molecular formula is C12H14FN. The van der Waals surface area contributed by atoms with Gasteiger partial charge < -0.3 is 5.32 Å². The van der Waals surface area contributed by atoms with Gasteiger partial charge in [0.2, 0.25) is 0 Å². The second kappa shape index (κ2) is 3.93. The van der Waals surface area contributed by atoms with Crippen LogP contribution in [0.15, 0.2) is 36.9 Å². The molecule has 74 valence electrons. The monoisotopic (exact) mass is 191 g/mol. The summed E-state index contributed by atoms with van der Waals surface area (Å²) in [7, 11) is 0. The Labute approximate surface area is 83.6 Å².